The second-order valence-electron chi connectivity index (χ2n) is 8.65. The lowest BCUT2D eigenvalue weighted by molar-refractivity contribution is -0.141. The third-order valence-electron chi connectivity index (χ3n) is 5.41. The molecule has 156 valence electrons. The maximum atomic E-state index is 12.4. The monoisotopic (exact) mass is 398 g/mol. The second-order valence-corrected chi connectivity index (χ2v) is 8.65. The molecule has 1 amide bonds. The third-order valence-corrected chi connectivity index (χ3v) is 5.41. The first-order valence-electron chi connectivity index (χ1n) is 10.2. The zero-order valence-electron chi connectivity index (χ0n) is 17.7. The molecule has 6 heteroatoms. The van der Waals surface area contributed by atoms with Crippen molar-refractivity contribution in [2.24, 2.45) is 5.92 Å². The van der Waals surface area contributed by atoms with E-state index in [0.29, 0.717) is 19.5 Å². The lowest BCUT2D eigenvalue weighted by Gasteiger charge is -2.36. The van der Waals surface area contributed by atoms with Gasteiger partial charge in [0.25, 0.3) is 0 Å². The molecule has 0 aliphatic carbocycles. The van der Waals surface area contributed by atoms with Gasteiger partial charge in [-0.2, -0.15) is 0 Å². The van der Waals surface area contributed by atoms with Crippen LogP contribution in [0.1, 0.15) is 51.5 Å². The number of hydrogen-bond acceptors (Lipinski definition) is 5. The van der Waals surface area contributed by atoms with Crippen LogP contribution < -0.4 is 0 Å². The predicted molar refractivity (Wildman–Crippen MR) is 112 cm³/mol. The Balaban J connectivity index is 1.75. The molecule has 1 saturated heterocycles. The van der Waals surface area contributed by atoms with Crippen LogP contribution in [0.3, 0.4) is 0 Å². The van der Waals surface area contributed by atoms with Crippen molar-refractivity contribution in [3.05, 3.63) is 42.1 Å². The lowest BCUT2D eigenvalue weighted by Crippen LogP contribution is -2.42. The summed E-state index contributed by atoms with van der Waals surface area (Å²) in [7, 11) is 1.42. The summed E-state index contributed by atoms with van der Waals surface area (Å²) in [6.45, 7) is 6.86. The molecule has 0 bridgehead atoms. The van der Waals surface area contributed by atoms with Crippen LogP contribution in [0.2, 0.25) is 0 Å². The number of carbonyl (C=O) groups excluding carboxylic acids is 2. The Morgan fingerprint density at radius 3 is 2.55 bits per heavy atom. The van der Waals surface area contributed by atoms with Gasteiger partial charge in [0, 0.05) is 24.7 Å². The summed E-state index contributed by atoms with van der Waals surface area (Å²) in [5, 5.41) is 1.06. The third kappa shape index (κ3) is 5.46. The van der Waals surface area contributed by atoms with E-state index in [0.717, 1.165) is 29.3 Å². The number of amides is 1. The van der Waals surface area contributed by atoms with E-state index in [9.17, 15) is 9.59 Å². The van der Waals surface area contributed by atoms with Crippen LogP contribution in [-0.2, 0) is 14.3 Å². The first-order valence-corrected chi connectivity index (χ1v) is 10.2. The Hall–Kier alpha value is -2.63. The van der Waals surface area contributed by atoms with Crippen molar-refractivity contribution >= 4 is 23.0 Å². The summed E-state index contributed by atoms with van der Waals surface area (Å²) in [4.78, 5) is 30.8. The molecule has 0 radical (unpaired) electrons. The number of benzene rings is 1. The number of fused-ring (bicyclic) bond motifs is 1. The Morgan fingerprint density at radius 1 is 1.21 bits per heavy atom. The van der Waals surface area contributed by atoms with Gasteiger partial charge in [0.15, 0.2) is 0 Å². The van der Waals surface area contributed by atoms with Gasteiger partial charge in [-0.3, -0.25) is 9.78 Å². The molecule has 0 N–H and O–H groups in total. The minimum Gasteiger partial charge on any atom is -0.469 e. The Bertz CT molecular complexity index is 867. The Labute approximate surface area is 172 Å². The standard InChI is InChI=1S/C23H30N2O4/c1-23(2,3)29-22(27)25-11-9-16(10-12-25)19(14-21(26)28-4)18-13-17-7-5-6-8-20(17)24-15-18/h5-8,13,15-16,19H,9-12,14H2,1-4H3. The molecule has 1 aromatic heterocycles. The second kappa shape index (κ2) is 8.80. The summed E-state index contributed by atoms with van der Waals surface area (Å²) in [6.07, 6.45) is 3.54. The fraction of sp³-hybridized carbons (Fsp3) is 0.522. The molecule has 1 atom stereocenters. The summed E-state index contributed by atoms with van der Waals surface area (Å²) in [5.41, 5.74) is 1.48. The van der Waals surface area contributed by atoms with Gasteiger partial charge in [-0.05, 0) is 63.1 Å². The van der Waals surface area contributed by atoms with Gasteiger partial charge in [-0.1, -0.05) is 18.2 Å². The molecule has 6 nitrogen and oxygen atoms in total. The normalized spacial score (nSPS) is 16.5. The maximum absolute atomic E-state index is 12.4. The summed E-state index contributed by atoms with van der Waals surface area (Å²) in [6, 6.07) is 10.1. The largest absolute Gasteiger partial charge is 0.469 e. The fourth-order valence-electron chi connectivity index (χ4n) is 3.92. The number of pyridine rings is 1. The van der Waals surface area contributed by atoms with Crippen LogP contribution in [0, 0.1) is 5.92 Å². The lowest BCUT2D eigenvalue weighted by atomic mass is 9.78. The molecule has 1 unspecified atom stereocenters. The Kier molecular flexibility index (Phi) is 6.40. The average molecular weight is 399 g/mol. The zero-order chi connectivity index (χ0) is 21.0. The number of piperidine rings is 1. The molecule has 0 spiro atoms. The number of hydrogen-bond donors (Lipinski definition) is 0. The minimum atomic E-state index is -0.502. The van der Waals surface area contributed by atoms with Gasteiger partial charge in [-0.15, -0.1) is 0 Å². The van der Waals surface area contributed by atoms with Gasteiger partial charge in [-0.25, -0.2) is 4.79 Å². The number of methoxy groups -OCH3 is 1. The first kappa shape index (κ1) is 21.1. The molecule has 1 aliphatic rings. The van der Waals surface area contributed by atoms with Crippen molar-refractivity contribution in [3.63, 3.8) is 0 Å². The highest BCUT2D eigenvalue weighted by Crippen LogP contribution is 2.36. The highest BCUT2D eigenvalue weighted by atomic mass is 16.6. The number of nitrogens with zero attached hydrogens (tertiary/aromatic N) is 2. The smallest absolute Gasteiger partial charge is 0.410 e. The fourth-order valence-corrected chi connectivity index (χ4v) is 3.92. The van der Waals surface area contributed by atoms with E-state index in [1.54, 1.807) is 4.90 Å². The summed E-state index contributed by atoms with van der Waals surface area (Å²) < 4.78 is 10.4. The quantitative estimate of drug-likeness (QED) is 0.708. The van der Waals surface area contributed by atoms with E-state index < -0.39 is 5.60 Å². The molecule has 0 saturated carbocycles. The number of carbonyl (C=O) groups is 2. The molecule has 2 aromatic rings. The van der Waals surface area contributed by atoms with Crippen molar-refractivity contribution in [1.29, 1.82) is 0 Å². The summed E-state index contributed by atoms with van der Waals surface area (Å²) in [5.74, 6) is 0.0637. The number of likely N-dealkylation sites (tertiary alicyclic amines) is 1. The molecule has 1 aliphatic heterocycles. The van der Waals surface area contributed by atoms with Gasteiger partial charge in [0.1, 0.15) is 5.60 Å². The van der Waals surface area contributed by atoms with Crippen LogP contribution in [0.4, 0.5) is 4.79 Å². The van der Waals surface area contributed by atoms with Gasteiger partial charge in [0.05, 0.1) is 19.0 Å². The van der Waals surface area contributed by atoms with E-state index in [1.165, 1.54) is 7.11 Å². The predicted octanol–water partition coefficient (Wildman–Crippen LogP) is 4.53. The Morgan fingerprint density at radius 2 is 1.90 bits per heavy atom. The van der Waals surface area contributed by atoms with Crippen LogP contribution in [0.5, 0.6) is 0 Å². The average Bonchev–Trinajstić information content (AvgIpc) is 2.70. The summed E-state index contributed by atoms with van der Waals surface area (Å²) >= 11 is 0. The molecular weight excluding hydrogens is 368 g/mol. The van der Waals surface area contributed by atoms with Gasteiger partial charge in [0.2, 0.25) is 0 Å². The molecule has 3 rings (SSSR count). The number of esters is 1. The molecule has 29 heavy (non-hydrogen) atoms. The van der Waals surface area contributed by atoms with Crippen LogP contribution >= 0.6 is 0 Å². The van der Waals surface area contributed by atoms with Crippen LogP contribution in [0.25, 0.3) is 10.9 Å². The minimum absolute atomic E-state index is 0.0142. The van der Waals surface area contributed by atoms with Crippen LogP contribution in [0.15, 0.2) is 36.5 Å². The van der Waals surface area contributed by atoms with Gasteiger partial charge >= 0.3 is 12.1 Å². The van der Waals surface area contributed by atoms with E-state index in [-0.39, 0.29) is 23.9 Å². The molecule has 2 heterocycles. The number of rotatable bonds is 4. The van der Waals surface area contributed by atoms with Crippen LogP contribution in [-0.4, -0.2) is 47.7 Å². The number of para-hydroxylation sites is 1. The number of aromatic nitrogens is 1. The molecule has 1 aromatic carbocycles. The van der Waals surface area contributed by atoms with Crippen molar-refractivity contribution in [1.82, 2.24) is 9.88 Å². The topological polar surface area (TPSA) is 68.7 Å². The van der Waals surface area contributed by atoms with Crippen molar-refractivity contribution < 1.29 is 19.1 Å². The first-order chi connectivity index (χ1) is 13.8. The maximum Gasteiger partial charge on any atom is 0.410 e. The van der Waals surface area contributed by atoms with Crippen molar-refractivity contribution in [2.45, 2.75) is 51.6 Å². The zero-order valence-corrected chi connectivity index (χ0v) is 17.7. The highest BCUT2D eigenvalue weighted by Gasteiger charge is 2.33. The molecule has 1 fully saturated rings. The van der Waals surface area contributed by atoms with Crippen molar-refractivity contribution in [3.8, 4) is 0 Å². The van der Waals surface area contributed by atoms with E-state index in [2.05, 4.69) is 11.1 Å². The molecular formula is C23H30N2O4. The van der Waals surface area contributed by atoms with Crippen molar-refractivity contribution in [2.75, 3.05) is 20.2 Å². The van der Waals surface area contributed by atoms with Gasteiger partial charge < -0.3 is 14.4 Å². The highest BCUT2D eigenvalue weighted by molar-refractivity contribution is 5.79. The van der Waals surface area contributed by atoms with E-state index in [4.69, 9.17) is 9.47 Å². The number of ether oxygens (including phenoxy) is 2. The van der Waals surface area contributed by atoms with E-state index >= 15 is 0 Å². The SMILES string of the molecule is COC(=O)CC(c1cnc2ccccc2c1)C1CCN(C(=O)OC(C)(C)C)CC1. The van der Waals surface area contributed by atoms with E-state index in [1.807, 2.05) is 51.2 Å².